The van der Waals surface area contributed by atoms with E-state index in [1.165, 1.54) is 5.56 Å². The molecule has 0 aliphatic rings. The van der Waals surface area contributed by atoms with Crippen LogP contribution in [0.5, 0.6) is 5.75 Å². The van der Waals surface area contributed by atoms with Gasteiger partial charge in [-0.15, -0.1) is 0 Å². The number of nitrogens with zero attached hydrogens (tertiary/aromatic N) is 1. The first kappa shape index (κ1) is 13.4. The molecule has 1 N–H and O–H groups in total. The summed E-state index contributed by atoms with van der Waals surface area (Å²) in [7, 11) is 0. The van der Waals surface area contributed by atoms with Crippen molar-refractivity contribution in [2.24, 2.45) is 0 Å². The van der Waals surface area contributed by atoms with Crippen molar-refractivity contribution >= 4 is 34.6 Å². The second-order valence-corrected chi connectivity index (χ2v) is 5.78. The molecule has 104 valence electrons. The van der Waals surface area contributed by atoms with E-state index >= 15 is 0 Å². The Kier molecular flexibility index (Phi) is 3.63. The lowest BCUT2D eigenvalue weighted by Crippen LogP contribution is -2.05. The first-order valence-electron chi connectivity index (χ1n) is 6.60. The number of aromatic amines is 1. The third-order valence-corrected chi connectivity index (χ3v) is 4.43. The topological polar surface area (TPSA) is 29.9 Å². The Balaban J connectivity index is 2.19. The third-order valence-electron chi connectivity index (χ3n) is 3.43. The minimum absolute atomic E-state index is 0.208. The van der Waals surface area contributed by atoms with Crippen molar-refractivity contribution in [2.45, 2.75) is 19.9 Å². The molecule has 3 aromatic rings. The Bertz CT molecular complexity index is 771. The fraction of sp³-hybridized carbons (Fsp3) is 0.267. The second-order valence-electron chi connectivity index (χ2n) is 4.62. The fourth-order valence-corrected chi connectivity index (χ4v) is 3.55. The van der Waals surface area contributed by atoms with Crippen LogP contribution in [0.3, 0.4) is 0 Å². The number of H-pyrrole nitrogens is 1. The van der Waals surface area contributed by atoms with Crippen LogP contribution in [0.2, 0.25) is 0 Å². The van der Waals surface area contributed by atoms with Gasteiger partial charge in [-0.25, -0.2) is 0 Å². The van der Waals surface area contributed by atoms with Crippen molar-refractivity contribution in [2.75, 3.05) is 6.61 Å². The molecule has 3 nitrogen and oxygen atoms in total. The highest BCUT2D eigenvalue weighted by molar-refractivity contribution is 7.71. The van der Waals surface area contributed by atoms with E-state index in [2.05, 4.69) is 39.4 Å². The highest BCUT2D eigenvalue weighted by Crippen LogP contribution is 2.30. The monoisotopic (exact) mass is 304 g/mol. The Morgan fingerprint density at radius 2 is 2.25 bits per heavy atom. The summed E-state index contributed by atoms with van der Waals surface area (Å²) in [6, 6.07) is 8.40. The number of hydrogen-bond acceptors (Lipinski definition) is 3. The molecule has 2 aromatic heterocycles. The van der Waals surface area contributed by atoms with Gasteiger partial charge in [-0.05, 0) is 60.6 Å². The van der Waals surface area contributed by atoms with Crippen LogP contribution in [0.1, 0.15) is 25.5 Å². The number of hydrogen-bond donors (Lipinski definition) is 1. The van der Waals surface area contributed by atoms with Crippen molar-refractivity contribution in [1.82, 2.24) is 9.55 Å². The molecule has 0 radical (unpaired) electrons. The largest absolute Gasteiger partial charge is 0.492 e. The van der Waals surface area contributed by atoms with E-state index in [0.29, 0.717) is 6.61 Å². The Labute approximate surface area is 126 Å². The lowest BCUT2D eigenvalue weighted by molar-refractivity contribution is 0.343. The van der Waals surface area contributed by atoms with Gasteiger partial charge in [-0.1, -0.05) is 6.07 Å². The SMILES string of the molecule is CCOc1cccc2c1[nH]c(=S)n2C(C)c1ccsc1. The van der Waals surface area contributed by atoms with E-state index in [0.717, 1.165) is 21.6 Å². The molecule has 20 heavy (non-hydrogen) atoms. The maximum absolute atomic E-state index is 5.67. The predicted octanol–water partition coefficient (Wildman–Crippen LogP) is 4.77. The molecule has 0 aliphatic carbocycles. The summed E-state index contributed by atoms with van der Waals surface area (Å²) < 4.78 is 8.54. The average Bonchev–Trinajstić information content (AvgIpc) is 3.06. The average molecular weight is 304 g/mol. The van der Waals surface area contributed by atoms with E-state index in [9.17, 15) is 0 Å². The Morgan fingerprint density at radius 3 is 2.95 bits per heavy atom. The lowest BCUT2D eigenvalue weighted by Gasteiger charge is -2.13. The highest BCUT2D eigenvalue weighted by atomic mass is 32.1. The molecular formula is C15H16N2OS2. The summed E-state index contributed by atoms with van der Waals surface area (Å²) >= 11 is 7.21. The van der Waals surface area contributed by atoms with Crippen LogP contribution >= 0.6 is 23.6 Å². The van der Waals surface area contributed by atoms with Crippen LogP contribution in [0.25, 0.3) is 11.0 Å². The summed E-state index contributed by atoms with van der Waals surface area (Å²) in [6.07, 6.45) is 0. The predicted molar refractivity (Wildman–Crippen MR) is 86.4 cm³/mol. The molecule has 0 bridgehead atoms. The van der Waals surface area contributed by atoms with Gasteiger partial charge in [0.1, 0.15) is 11.3 Å². The molecule has 1 aromatic carbocycles. The number of benzene rings is 1. The number of rotatable bonds is 4. The number of thiophene rings is 1. The smallest absolute Gasteiger partial charge is 0.178 e. The third kappa shape index (κ3) is 2.17. The number of ether oxygens (including phenoxy) is 1. The van der Waals surface area contributed by atoms with Gasteiger partial charge < -0.3 is 14.3 Å². The zero-order valence-corrected chi connectivity index (χ0v) is 13.1. The molecule has 0 fully saturated rings. The summed E-state index contributed by atoms with van der Waals surface area (Å²) in [5.74, 6) is 0.854. The highest BCUT2D eigenvalue weighted by Gasteiger charge is 2.15. The van der Waals surface area contributed by atoms with Crippen LogP contribution in [-0.4, -0.2) is 16.2 Å². The van der Waals surface area contributed by atoms with E-state index in [-0.39, 0.29) is 6.04 Å². The first-order chi connectivity index (χ1) is 9.72. The number of imidazole rings is 1. The summed E-state index contributed by atoms with van der Waals surface area (Å²) in [4.78, 5) is 3.28. The first-order valence-corrected chi connectivity index (χ1v) is 7.95. The molecule has 0 amide bonds. The molecular weight excluding hydrogens is 288 g/mol. The van der Waals surface area contributed by atoms with Crippen LogP contribution in [0, 0.1) is 4.77 Å². The van der Waals surface area contributed by atoms with Gasteiger partial charge in [0.25, 0.3) is 0 Å². The Morgan fingerprint density at radius 1 is 1.40 bits per heavy atom. The molecule has 2 heterocycles. The van der Waals surface area contributed by atoms with Crippen LogP contribution in [-0.2, 0) is 0 Å². The van der Waals surface area contributed by atoms with Gasteiger partial charge in [-0.3, -0.25) is 0 Å². The van der Waals surface area contributed by atoms with Crippen LogP contribution < -0.4 is 4.74 Å². The minimum atomic E-state index is 0.208. The summed E-state index contributed by atoms with van der Waals surface area (Å²) in [6.45, 7) is 4.79. The molecule has 0 saturated carbocycles. The maximum Gasteiger partial charge on any atom is 0.178 e. The zero-order valence-electron chi connectivity index (χ0n) is 11.4. The van der Waals surface area contributed by atoms with E-state index in [1.54, 1.807) is 11.3 Å². The Hall–Kier alpha value is -1.59. The van der Waals surface area contributed by atoms with E-state index in [1.807, 2.05) is 19.1 Å². The molecule has 1 atom stereocenters. The van der Waals surface area contributed by atoms with Crippen molar-refractivity contribution in [3.63, 3.8) is 0 Å². The quantitative estimate of drug-likeness (QED) is 0.704. The van der Waals surface area contributed by atoms with E-state index < -0.39 is 0 Å². The minimum Gasteiger partial charge on any atom is -0.492 e. The van der Waals surface area contributed by atoms with Crippen LogP contribution in [0.15, 0.2) is 35.0 Å². The van der Waals surface area contributed by atoms with Crippen molar-refractivity contribution in [1.29, 1.82) is 0 Å². The normalized spacial score (nSPS) is 12.7. The van der Waals surface area contributed by atoms with Gasteiger partial charge in [-0.2, -0.15) is 11.3 Å². The molecule has 5 heteroatoms. The molecule has 1 unspecified atom stereocenters. The number of aromatic nitrogens is 2. The fourth-order valence-electron chi connectivity index (χ4n) is 2.44. The van der Waals surface area contributed by atoms with Gasteiger partial charge in [0.05, 0.1) is 18.2 Å². The lowest BCUT2D eigenvalue weighted by atomic mass is 10.1. The van der Waals surface area contributed by atoms with E-state index in [4.69, 9.17) is 17.0 Å². The molecule has 0 aliphatic heterocycles. The van der Waals surface area contributed by atoms with Crippen LogP contribution in [0.4, 0.5) is 0 Å². The standard InChI is InChI=1S/C15H16N2OS2/c1-3-18-13-6-4-5-12-14(13)16-15(19)17(12)10(2)11-7-8-20-9-11/h4-10H,3H2,1-2H3,(H,16,19). The molecule has 0 spiro atoms. The number of para-hydroxylation sites is 1. The maximum atomic E-state index is 5.67. The summed E-state index contributed by atoms with van der Waals surface area (Å²) in [5, 5.41) is 4.26. The molecule has 3 rings (SSSR count). The number of nitrogens with one attached hydrogen (secondary N) is 1. The zero-order chi connectivity index (χ0) is 14.1. The summed E-state index contributed by atoms with van der Waals surface area (Å²) in [5.41, 5.74) is 3.33. The second kappa shape index (κ2) is 5.42. The van der Waals surface area contributed by atoms with Crippen molar-refractivity contribution in [3.05, 3.63) is 45.4 Å². The van der Waals surface area contributed by atoms with Gasteiger partial charge in [0.2, 0.25) is 0 Å². The van der Waals surface area contributed by atoms with Crippen molar-refractivity contribution in [3.8, 4) is 5.75 Å². The van der Waals surface area contributed by atoms with Crippen molar-refractivity contribution < 1.29 is 4.74 Å². The number of fused-ring (bicyclic) bond motifs is 1. The van der Waals surface area contributed by atoms with Gasteiger partial charge >= 0.3 is 0 Å². The van der Waals surface area contributed by atoms with Gasteiger partial charge in [0.15, 0.2) is 4.77 Å². The van der Waals surface area contributed by atoms with Gasteiger partial charge in [0, 0.05) is 0 Å². The molecule has 0 saturated heterocycles.